The van der Waals surface area contributed by atoms with Crippen molar-refractivity contribution in [2.75, 3.05) is 31.9 Å². The molecule has 1 fully saturated rings. The minimum Gasteiger partial charge on any atom is -0.339 e. The molecule has 14 heavy (non-hydrogen) atoms. The van der Waals surface area contributed by atoms with Gasteiger partial charge in [-0.2, -0.15) is 11.8 Å². The fourth-order valence-corrected chi connectivity index (χ4v) is 2.68. The zero-order chi connectivity index (χ0) is 10.6. The first-order valence-corrected chi connectivity index (χ1v) is 6.16. The minimum absolute atomic E-state index is 0.222. The number of carbonyl (C=O) groups is 1. The molecule has 0 bridgehead atoms. The van der Waals surface area contributed by atoms with Crippen LogP contribution in [0.15, 0.2) is 0 Å². The molecule has 1 rings (SSSR count). The van der Waals surface area contributed by atoms with Crippen LogP contribution in [0.25, 0.3) is 0 Å². The van der Waals surface area contributed by atoms with Gasteiger partial charge in [0.1, 0.15) is 0 Å². The standard InChI is InChI=1S/C10H20N2OS/c1-4-11-7-9(13)12-5-6-14-10(2,3)8-12/h11H,4-8H2,1-3H3. The fourth-order valence-electron chi connectivity index (χ4n) is 1.57. The summed E-state index contributed by atoms with van der Waals surface area (Å²) in [7, 11) is 0. The van der Waals surface area contributed by atoms with Gasteiger partial charge in [0.25, 0.3) is 0 Å². The molecule has 3 nitrogen and oxygen atoms in total. The minimum atomic E-state index is 0.222. The van der Waals surface area contributed by atoms with Crippen molar-refractivity contribution in [1.82, 2.24) is 10.2 Å². The van der Waals surface area contributed by atoms with Gasteiger partial charge in [0.05, 0.1) is 6.54 Å². The number of rotatable bonds is 3. The van der Waals surface area contributed by atoms with Gasteiger partial charge >= 0.3 is 0 Å². The summed E-state index contributed by atoms with van der Waals surface area (Å²) in [6.07, 6.45) is 0. The van der Waals surface area contributed by atoms with Gasteiger partial charge in [-0.25, -0.2) is 0 Å². The Hall–Kier alpha value is -0.220. The SMILES string of the molecule is CCNCC(=O)N1CCSC(C)(C)C1. The van der Waals surface area contributed by atoms with Crippen LogP contribution in [0.1, 0.15) is 20.8 Å². The van der Waals surface area contributed by atoms with Gasteiger partial charge in [0.15, 0.2) is 0 Å². The van der Waals surface area contributed by atoms with E-state index < -0.39 is 0 Å². The maximum atomic E-state index is 11.7. The summed E-state index contributed by atoms with van der Waals surface area (Å²) in [5.74, 6) is 1.30. The Morgan fingerprint density at radius 1 is 1.57 bits per heavy atom. The first-order valence-electron chi connectivity index (χ1n) is 5.17. The predicted molar refractivity (Wildman–Crippen MR) is 61.7 cm³/mol. The average Bonchev–Trinajstić information content (AvgIpc) is 2.12. The molecule has 1 heterocycles. The number of thioether (sulfide) groups is 1. The van der Waals surface area contributed by atoms with Crippen LogP contribution in [0.3, 0.4) is 0 Å². The van der Waals surface area contributed by atoms with Gasteiger partial charge in [-0.15, -0.1) is 0 Å². The summed E-state index contributed by atoms with van der Waals surface area (Å²) in [6.45, 7) is 9.53. The molecule has 1 aliphatic heterocycles. The van der Waals surface area contributed by atoms with Crippen molar-refractivity contribution < 1.29 is 4.79 Å². The highest BCUT2D eigenvalue weighted by Gasteiger charge is 2.29. The smallest absolute Gasteiger partial charge is 0.236 e. The van der Waals surface area contributed by atoms with Crippen molar-refractivity contribution in [1.29, 1.82) is 0 Å². The molecule has 0 aromatic carbocycles. The monoisotopic (exact) mass is 216 g/mol. The third-order valence-corrected chi connectivity index (χ3v) is 3.60. The molecule has 0 unspecified atom stereocenters. The molecule has 1 saturated heterocycles. The van der Waals surface area contributed by atoms with E-state index in [0.29, 0.717) is 6.54 Å². The average molecular weight is 216 g/mol. The summed E-state index contributed by atoms with van der Waals surface area (Å²) >= 11 is 1.95. The zero-order valence-corrected chi connectivity index (χ0v) is 10.1. The zero-order valence-electron chi connectivity index (χ0n) is 9.30. The van der Waals surface area contributed by atoms with Crippen LogP contribution in [0, 0.1) is 0 Å². The molecule has 0 atom stereocenters. The second-order valence-electron chi connectivity index (χ2n) is 4.20. The quantitative estimate of drug-likeness (QED) is 0.762. The molecule has 0 saturated carbocycles. The van der Waals surface area contributed by atoms with Crippen LogP contribution >= 0.6 is 11.8 Å². The molecule has 0 radical (unpaired) electrons. The molecule has 0 aliphatic carbocycles. The van der Waals surface area contributed by atoms with Gasteiger partial charge < -0.3 is 10.2 Å². The Kier molecular flexibility index (Phi) is 4.26. The van der Waals surface area contributed by atoms with Crippen LogP contribution in [0.5, 0.6) is 0 Å². The molecule has 0 aromatic rings. The van der Waals surface area contributed by atoms with E-state index in [4.69, 9.17) is 0 Å². The lowest BCUT2D eigenvalue weighted by atomic mass is 10.2. The number of carbonyl (C=O) groups excluding carboxylic acids is 1. The van der Waals surface area contributed by atoms with E-state index in [-0.39, 0.29) is 10.7 Å². The highest BCUT2D eigenvalue weighted by Crippen LogP contribution is 2.29. The van der Waals surface area contributed by atoms with Crippen LogP contribution in [-0.2, 0) is 4.79 Å². The summed E-state index contributed by atoms with van der Waals surface area (Å²) in [5, 5.41) is 3.07. The fraction of sp³-hybridized carbons (Fsp3) is 0.900. The van der Waals surface area contributed by atoms with E-state index in [9.17, 15) is 4.79 Å². The van der Waals surface area contributed by atoms with Crippen molar-refractivity contribution in [3.8, 4) is 0 Å². The molecule has 82 valence electrons. The lowest BCUT2D eigenvalue weighted by molar-refractivity contribution is -0.130. The Balaban J connectivity index is 2.40. The van der Waals surface area contributed by atoms with Crippen LogP contribution < -0.4 is 5.32 Å². The predicted octanol–water partition coefficient (Wildman–Crippen LogP) is 0.950. The Morgan fingerprint density at radius 2 is 2.29 bits per heavy atom. The molecule has 0 aromatic heterocycles. The van der Waals surface area contributed by atoms with Crippen molar-refractivity contribution in [2.45, 2.75) is 25.5 Å². The Bertz CT molecular complexity index is 206. The van der Waals surface area contributed by atoms with Crippen molar-refractivity contribution in [3.63, 3.8) is 0 Å². The first kappa shape index (κ1) is 11.9. The Morgan fingerprint density at radius 3 is 2.86 bits per heavy atom. The molecule has 0 spiro atoms. The number of likely N-dealkylation sites (N-methyl/N-ethyl adjacent to an activating group) is 1. The van der Waals surface area contributed by atoms with Crippen LogP contribution in [-0.4, -0.2) is 47.5 Å². The third kappa shape index (κ3) is 3.50. The maximum absolute atomic E-state index is 11.7. The van der Waals surface area contributed by atoms with Crippen molar-refractivity contribution >= 4 is 17.7 Å². The number of hydrogen-bond acceptors (Lipinski definition) is 3. The largest absolute Gasteiger partial charge is 0.339 e. The lowest BCUT2D eigenvalue weighted by Crippen LogP contribution is -2.48. The second-order valence-corrected chi connectivity index (χ2v) is 6.01. The summed E-state index contributed by atoms with van der Waals surface area (Å²) in [6, 6.07) is 0. The van der Waals surface area contributed by atoms with E-state index in [1.165, 1.54) is 0 Å². The summed E-state index contributed by atoms with van der Waals surface area (Å²) in [5.41, 5.74) is 0. The second kappa shape index (κ2) is 5.03. The number of amides is 1. The van der Waals surface area contributed by atoms with Crippen molar-refractivity contribution in [3.05, 3.63) is 0 Å². The van der Waals surface area contributed by atoms with Gasteiger partial charge in [-0.1, -0.05) is 6.92 Å². The topological polar surface area (TPSA) is 32.3 Å². The normalized spacial score (nSPS) is 20.9. The number of hydrogen-bond donors (Lipinski definition) is 1. The van der Waals surface area contributed by atoms with Gasteiger partial charge in [-0.05, 0) is 20.4 Å². The number of nitrogens with one attached hydrogen (secondary N) is 1. The van der Waals surface area contributed by atoms with Crippen molar-refractivity contribution in [2.24, 2.45) is 0 Å². The van der Waals surface area contributed by atoms with E-state index in [0.717, 1.165) is 25.4 Å². The summed E-state index contributed by atoms with van der Waals surface area (Å²) in [4.78, 5) is 13.7. The molecule has 1 aliphatic rings. The highest BCUT2D eigenvalue weighted by atomic mass is 32.2. The van der Waals surface area contributed by atoms with E-state index >= 15 is 0 Å². The maximum Gasteiger partial charge on any atom is 0.236 e. The van der Waals surface area contributed by atoms with E-state index in [2.05, 4.69) is 19.2 Å². The van der Waals surface area contributed by atoms with Gasteiger partial charge in [0.2, 0.25) is 5.91 Å². The van der Waals surface area contributed by atoms with Gasteiger partial charge in [-0.3, -0.25) is 4.79 Å². The number of nitrogens with zero attached hydrogens (tertiary/aromatic N) is 1. The Labute approximate surface area is 90.6 Å². The third-order valence-electron chi connectivity index (χ3n) is 2.30. The first-order chi connectivity index (χ1) is 6.55. The van der Waals surface area contributed by atoms with Crippen LogP contribution in [0.4, 0.5) is 0 Å². The molecule has 1 N–H and O–H groups in total. The molecular formula is C10H20N2OS. The van der Waals surface area contributed by atoms with Crippen LogP contribution in [0.2, 0.25) is 0 Å². The molecular weight excluding hydrogens is 196 g/mol. The van der Waals surface area contributed by atoms with E-state index in [1.54, 1.807) is 0 Å². The lowest BCUT2D eigenvalue weighted by Gasteiger charge is -2.37. The van der Waals surface area contributed by atoms with E-state index in [1.807, 2.05) is 23.6 Å². The molecule has 4 heteroatoms. The summed E-state index contributed by atoms with van der Waals surface area (Å²) < 4.78 is 0.222. The van der Waals surface area contributed by atoms with Gasteiger partial charge in [0, 0.05) is 23.6 Å². The highest BCUT2D eigenvalue weighted by molar-refractivity contribution is 8.00. The molecule has 1 amide bonds.